The molecule has 2 N–H and O–H groups in total. The van der Waals surface area contributed by atoms with Crippen molar-refractivity contribution in [1.82, 2.24) is 14.9 Å². The average molecular weight is 414 g/mol. The fraction of sp³-hybridized carbons (Fsp3) is 0.474. The Balaban J connectivity index is 1.77. The molecule has 0 radical (unpaired) electrons. The van der Waals surface area contributed by atoms with Crippen LogP contribution in [0.4, 0.5) is 30.6 Å². The summed E-state index contributed by atoms with van der Waals surface area (Å²) in [5, 5.41) is 5.83. The van der Waals surface area contributed by atoms with E-state index in [0.29, 0.717) is 24.2 Å². The van der Waals surface area contributed by atoms with Gasteiger partial charge in [0, 0.05) is 24.2 Å². The van der Waals surface area contributed by atoms with Crippen molar-refractivity contribution in [2.45, 2.75) is 31.4 Å². The zero-order valence-corrected chi connectivity index (χ0v) is 16.5. The maximum absolute atomic E-state index is 13.1. The molecule has 0 unspecified atom stereocenters. The minimum atomic E-state index is -4.52. The van der Waals surface area contributed by atoms with E-state index in [9.17, 15) is 13.2 Å². The fourth-order valence-electron chi connectivity index (χ4n) is 2.76. The quantitative estimate of drug-likeness (QED) is 0.587. The maximum atomic E-state index is 13.1. The van der Waals surface area contributed by atoms with Gasteiger partial charge in [0.15, 0.2) is 0 Å². The number of halogens is 4. The van der Waals surface area contributed by atoms with Crippen molar-refractivity contribution in [3.8, 4) is 0 Å². The van der Waals surface area contributed by atoms with Gasteiger partial charge in [-0.05, 0) is 58.1 Å². The average Bonchev–Trinajstić information content (AvgIpc) is 3.44. The third-order valence-corrected chi connectivity index (χ3v) is 4.68. The number of aromatic nitrogens is 2. The summed E-state index contributed by atoms with van der Waals surface area (Å²) in [7, 11) is 4.02. The summed E-state index contributed by atoms with van der Waals surface area (Å²) < 4.78 is 39.3. The normalized spacial score (nSPS) is 14.4. The first-order valence-corrected chi connectivity index (χ1v) is 9.51. The van der Waals surface area contributed by atoms with E-state index in [-0.39, 0.29) is 10.7 Å². The largest absolute Gasteiger partial charge is 0.417 e. The van der Waals surface area contributed by atoms with Crippen LogP contribution in [0.1, 0.15) is 36.4 Å². The zero-order chi connectivity index (χ0) is 20.3. The Hall–Kier alpha value is -2.06. The standard InChI is InChI=1S/C19H23ClF3N5/c1-28(2)9-3-8-24-18-26-16(12-4-5-12)11-17(27-18)25-13-6-7-15(20)14(10-13)19(21,22)23/h6-7,10-12H,3-5,8-9H2,1-2H3,(H2,24,25,26,27). The fourth-order valence-corrected chi connectivity index (χ4v) is 2.99. The van der Waals surface area contributed by atoms with Gasteiger partial charge in [0.1, 0.15) is 5.82 Å². The monoisotopic (exact) mass is 413 g/mol. The highest BCUT2D eigenvalue weighted by Crippen LogP contribution is 2.40. The van der Waals surface area contributed by atoms with Gasteiger partial charge in [0.25, 0.3) is 0 Å². The summed E-state index contributed by atoms with van der Waals surface area (Å²) in [5.41, 5.74) is 0.297. The van der Waals surface area contributed by atoms with E-state index in [1.165, 1.54) is 12.1 Å². The van der Waals surface area contributed by atoms with Crippen molar-refractivity contribution in [1.29, 1.82) is 0 Å². The molecule has 0 atom stereocenters. The van der Waals surface area contributed by atoms with Gasteiger partial charge >= 0.3 is 6.18 Å². The molecule has 152 valence electrons. The van der Waals surface area contributed by atoms with Crippen molar-refractivity contribution in [3.05, 3.63) is 40.5 Å². The van der Waals surface area contributed by atoms with Gasteiger partial charge in [-0.15, -0.1) is 0 Å². The van der Waals surface area contributed by atoms with E-state index in [0.717, 1.165) is 37.6 Å². The number of benzene rings is 1. The van der Waals surface area contributed by atoms with Crippen LogP contribution < -0.4 is 10.6 Å². The predicted octanol–water partition coefficient (Wildman–Crippen LogP) is 5.13. The lowest BCUT2D eigenvalue weighted by Crippen LogP contribution is -2.17. The van der Waals surface area contributed by atoms with Gasteiger partial charge in [0.2, 0.25) is 5.95 Å². The maximum Gasteiger partial charge on any atom is 0.417 e. The number of nitrogens with one attached hydrogen (secondary N) is 2. The molecule has 0 aliphatic heterocycles. The van der Waals surface area contributed by atoms with Crippen LogP contribution in [0.15, 0.2) is 24.3 Å². The van der Waals surface area contributed by atoms with Crippen LogP contribution in [0.2, 0.25) is 5.02 Å². The van der Waals surface area contributed by atoms with Crippen LogP contribution in [-0.4, -0.2) is 42.1 Å². The Bertz CT molecular complexity index is 822. The van der Waals surface area contributed by atoms with E-state index in [4.69, 9.17) is 11.6 Å². The molecular formula is C19H23ClF3N5. The highest BCUT2D eigenvalue weighted by molar-refractivity contribution is 6.31. The molecule has 0 amide bonds. The van der Waals surface area contributed by atoms with E-state index >= 15 is 0 Å². The first-order valence-electron chi connectivity index (χ1n) is 9.14. The number of rotatable bonds is 8. The van der Waals surface area contributed by atoms with Crippen LogP contribution in [-0.2, 0) is 6.18 Å². The summed E-state index contributed by atoms with van der Waals surface area (Å²) in [5.74, 6) is 1.33. The SMILES string of the molecule is CN(C)CCCNc1nc(Nc2ccc(Cl)c(C(F)(F)F)c2)cc(C2CC2)n1. The molecule has 9 heteroatoms. The Kier molecular flexibility index (Phi) is 6.30. The number of anilines is 3. The molecule has 1 aromatic heterocycles. The summed E-state index contributed by atoms with van der Waals surface area (Å²) in [4.78, 5) is 11.0. The van der Waals surface area contributed by atoms with Gasteiger partial charge in [-0.2, -0.15) is 18.2 Å². The van der Waals surface area contributed by atoms with E-state index in [2.05, 4.69) is 25.5 Å². The van der Waals surface area contributed by atoms with Crippen molar-refractivity contribution in [3.63, 3.8) is 0 Å². The molecule has 0 spiro atoms. The molecule has 1 saturated carbocycles. The smallest absolute Gasteiger partial charge is 0.354 e. The topological polar surface area (TPSA) is 53.1 Å². The van der Waals surface area contributed by atoms with Crippen molar-refractivity contribution in [2.75, 3.05) is 37.8 Å². The van der Waals surface area contributed by atoms with Gasteiger partial charge in [-0.1, -0.05) is 11.6 Å². The Morgan fingerprint density at radius 3 is 2.57 bits per heavy atom. The lowest BCUT2D eigenvalue weighted by Gasteiger charge is -2.14. The molecule has 3 rings (SSSR count). The summed E-state index contributed by atoms with van der Waals surface area (Å²) >= 11 is 5.69. The van der Waals surface area contributed by atoms with Crippen LogP contribution in [0.5, 0.6) is 0 Å². The summed E-state index contributed by atoms with van der Waals surface area (Å²) in [6.45, 7) is 1.65. The van der Waals surface area contributed by atoms with Crippen LogP contribution >= 0.6 is 11.6 Å². The van der Waals surface area contributed by atoms with E-state index < -0.39 is 11.7 Å². The number of nitrogens with zero attached hydrogens (tertiary/aromatic N) is 3. The minimum absolute atomic E-state index is 0.274. The van der Waals surface area contributed by atoms with E-state index in [1.54, 1.807) is 6.07 Å². The lowest BCUT2D eigenvalue weighted by molar-refractivity contribution is -0.137. The molecule has 1 fully saturated rings. The van der Waals surface area contributed by atoms with Crippen LogP contribution in [0.25, 0.3) is 0 Å². The molecule has 1 aliphatic rings. The Labute approximate surface area is 167 Å². The van der Waals surface area contributed by atoms with E-state index in [1.807, 2.05) is 14.1 Å². The molecular weight excluding hydrogens is 391 g/mol. The number of alkyl halides is 3. The first-order chi connectivity index (χ1) is 13.2. The summed E-state index contributed by atoms with van der Waals surface area (Å²) in [6, 6.07) is 5.52. The highest BCUT2D eigenvalue weighted by atomic mass is 35.5. The first kappa shape index (κ1) is 20.7. The molecule has 28 heavy (non-hydrogen) atoms. The number of hydrogen-bond acceptors (Lipinski definition) is 5. The third kappa shape index (κ3) is 5.72. The molecule has 1 aromatic carbocycles. The zero-order valence-electron chi connectivity index (χ0n) is 15.8. The molecule has 0 bridgehead atoms. The molecule has 0 saturated heterocycles. The molecule has 2 aromatic rings. The minimum Gasteiger partial charge on any atom is -0.354 e. The third-order valence-electron chi connectivity index (χ3n) is 4.35. The van der Waals surface area contributed by atoms with Crippen molar-refractivity contribution < 1.29 is 13.2 Å². The van der Waals surface area contributed by atoms with Gasteiger partial charge in [0.05, 0.1) is 16.3 Å². The van der Waals surface area contributed by atoms with Crippen molar-refractivity contribution in [2.24, 2.45) is 0 Å². The van der Waals surface area contributed by atoms with Crippen LogP contribution in [0, 0.1) is 0 Å². The second-order valence-corrected chi connectivity index (χ2v) is 7.58. The second kappa shape index (κ2) is 8.53. The van der Waals surface area contributed by atoms with Gasteiger partial charge in [-0.3, -0.25) is 0 Å². The summed E-state index contributed by atoms with van der Waals surface area (Å²) in [6.07, 6.45) is -1.46. The Morgan fingerprint density at radius 2 is 1.93 bits per heavy atom. The molecule has 1 aliphatic carbocycles. The van der Waals surface area contributed by atoms with Gasteiger partial charge in [-0.25, -0.2) is 4.98 Å². The van der Waals surface area contributed by atoms with Gasteiger partial charge < -0.3 is 15.5 Å². The Morgan fingerprint density at radius 1 is 1.18 bits per heavy atom. The van der Waals surface area contributed by atoms with Crippen LogP contribution in [0.3, 0.4) is 0 Å². The predicted molar refractivity (Wildman–Crippen MR) is 105 cm³/mol. The van der Waals surface area contributed by atoms with Crippen molar-refractivity contribution >= 4 is 29.1 Å². The number of hydrogen-bond donors (Lipinski definition) is 2. The highest BCUT2D eigenvalue weighted by Gasteiger charge is 2.33. The molecule has 1 heterocycles. The molecule has 5 nitrogen and oxygen atoms in total. The second-order valence-electron chi connectivity index (χ2n) is 7.18. The lowest BCUT2D eigenvalue weighted by atomic mass is 10.2.